The fourth-order valence-electron chi connectivity index (χ4n) is 0.945. The second kappa shape index (κ2) is 7.10. The van der Waals surface area contributed by atoms with Gasteiger partial charge in [0, 0.05) is 12.6 Å². The molecule has 3 heteroatoms. The van der Waals surface area contributed by atoms with E-state index in [2.05, 4.69) is 31.1 Å². The smallest absolute Gasteiger partial charge is 0.166 e. The Labute approximate surface area is 80.4 Å². The van der Waals surface area contributed by atoms with Gasteiger partial charge in [0.2, 0.25) is 0 Å². The SMILES string of the molecule is C=CCNC(=S)NC(C)CCC. The van der Waals surface area contributed by atoms with Crippen LogP contribution in [0.3, 0.4) is 0 Å². The summed E-state index contributed by atoms with van der Waals surface area (Å²) >= 11 is 5.04. The van der Waals surface area contributed by atoms with Crippen molar-refractivity contribution in [1.29, 1.82) is 0 Å². The van der Waals surface area contributed by atoms with Gasteiger partial charge in [0.15, 0.2) is 5.11 Å². The lowest BCUT2D eigenvalue weighted by Gasteiger charge is -2.15. The molecule has 2 nitrogen and oxygen atoms in total. The number of hydrogen-bond donors (Lipinski definition) is 2. The largest absolute Gasteiger partial charge is 0.360 e. The molecule has 0 amide bonds. The van der Waals surface area contributed by atoms with Gasteiger partial charge in [0.05, 0.1) is 0 Å². The van der Waals surface area contributed by atoms with Gasteiger partial charge in [-0.3, -0.25) is 0 Å². The summed E-state index contributed by atoms with van der Waals surface area (Å²) in [5.41, 5.74) is 0. The topological polar surface area (TPSA) is 24.1 Å². The van der Waals surface area contributed by atoms with Crippen molar-refractivity contribution in [2.24, 2.45) is 0 Å². The maximum Gasteiger partial charge on any atom is 0.166 e. The minimum absolute atomic E-state index is 0.458. The van der Waals surface area contributed by atoms with Gasteiger partial charge in [-0.05, 0) is 25.6 Å². The van der Waals surface area contributed by atoms with E-state index < -0.39 is 0 Å². The highest BCUT2D eigenvalue weighted by molar-refractivity contribution is 7.80. The van der Waals surface area contributed by atoms with Gasteiger partial charge in [-0.2, -0.15) is 0 Å². The molecular formula is C9H18N2S. The molecule has 0 aliphatic heterocycles. The van der Waals surface area contributed by atoms with Gasteiger partial charge in [0.25, 0.3) is 0 Å². The summed E-state index contributed by atoms with van der Waals surface area (Å²) in [7, 11) is 0. The molecule has 1 unspecified atom stereocenters. The van der Waals surface area contributed by atoms with Crippen molar-refractivity contribution in [2.75, 3.05) is 6.54 Å². The van der Waals surface area contributed by atoms with Crippen molar-refractivity contribution in [2.45, 2.75) is 32.7 Å². The second-order valence-corrected chi connectivity index (χ2v) is 3.24. The Morgan fingerprint density at radius 2 is 2.33 bits per heavy atom. The first-order valence-corrected chi connectivity index (χ1v) is 4.76. The van der Waals surface area contributed by atoms with Crippen molar-refractivity contribution < 1.29 is 0 Å². The third-order valence-electron chi connectivity index (χ3n) is 1.51. The number of nitrogens with one attached hydrogen (secondary N) is 2. The van der Waals surface area contributed by atoms with E-state index >= 15 is 0 Å². The molecule has 12 heavy (non-hydrogen) atoms. The predicted octanol–water partition coefficient (Wildman–Crippen LogP) is 1.83. The third kappa shape index (κ3) is 6.16. The van der Waals surface area contributed by atoms with Crippen molar-refractivity contribution in [3.63, 3.8) is 0 Å². The Balaban J connectivity index is 3.46. The zero-order valence-corrected chi connectivity index (χ0v) is 8.71. The molecule has 70 valence electrons. The summed E-state index contributed by atoms with van der Waals surface area (Å²) < 4.78 is 0. The first-order chi connectivity index (χ1) is 5.70. The average molecular weight is 186 g/mol. The Morgan fingerprint density at radius 3 is 2.83 bits per heavy atom. The van der Waals surface area contributed by atoms with E-state index in [1.165, 1.54) is 6.42 Å². The zero-order chi connectivity index (χ0) is 9.40. The van der Waals surface area contributed by atoms with Gasteiger partial charge < -0.3 is 10.6 Å². The maximum absolute atomic E-state index is 5.04. The molecular weight excluding hydrogens is 168 g/mol. The van der Waals surface area contributed by atoms with Crippen LogP contribution in [0.1, 0.15) is 26.7 Å². The van der Waals surface area contributed by atoms with Gasteiger partial charge in [-0.25, -0.2) is 0 Å². The van der Waals surface area contributed by atoms with E-state index in [4.69, 9.17) is 12.2 Å². The van der Waals surface area contributed by atoms with Crippen LogP contribution in [-0.2, 0) is 0 Å². The van der Waals surface area contributed by atoms with Crippen molar-refractivity contribution in [3.05, 3.63) is 12.7 Å². The average Bonchev–Trinajstić information content (AvgIpc) is 2.01. The molecule has 0 aromatic heterocycles. The summed E-state index contributed by atoms with van der Waals surface area (Å²) in [5, 5.41) is 6.93. The molecule has 0 aromatic rings. The summed E-state index contributed by atoms with van der Waals surface area (Å²) in [6.07, 6.45) is 4.12. The molecule has 0 radical (unpaired) electrons. The fourth-order valence-corrected chi connectivity index (χ4v) is 1.23. The van der Waals surface area contributed by atoms with E-state index in [0.717, 1.165) is 18.1 Å². The van der Waals surface area contributed by atoms with Crippen LogP contribution in [0, 0.1) is 0 Å². The number of hydrogen-bond acceptors (Lipinski definition) is 1. The third-order valence-corrected chi connectivity index (χ3v) is 1.77. The minimum Gasteiger partial charge on any atom is -0.360 e. The number of rotatable bonds is 5. The molecule has 0 saturated heterocycles. The molecule has 1 atom stereocenters. The van der Waals surface area contributed by atoms with Gasteiger partial charge in [-0.15, -0.1) is 6.58 Å². The van der Waals surface area contributed by atoms with E-state index in [1.807, 2.05) is 0 Å². The van der Waals surface area contributed by atoms with Gasteiger partial charge in [-0.1, -0.05) is 19.4 Å². The molecule has 2 N–H and O–H groups in total. The van der Waals surface area contributed by atoms with Crippen LogP contribution < -0.4 is 10.6 Å². The quantitative estimate of drug-likeness (QED) is 0.506. The maximum atomic E-state index is 5.04. The second-order valence-electron chi connectivity index (χ2n) is 2.83. The fraction of sp³-hybridized carbons (Fsp3) is 0.667. The first kappa shape index (κ1) is 11.4. The van der Waals surface area contributed by atoms with E-state index in [-0.39, 0.29) is 0 Å². The normalized spacial score (nSPS) is 11.8. The summed E-state index contributed by atoms with van der Waals surface area (Å²) in [4.78, 5) is 0. The van der Waals surface area contributed by atoms with Gasteiger partial charge in [0.1, 0.15) is 0 Å². The zero-order valence-electron chi connectivity index (χ0n) is 7.89. The van der Waals surface area contributed by atoms with Crippen LogP contribution in [0.2, 0.25) is 0 Å². The molecule has 0 bridgehead atoms. The Morgan fingerprint density at radius 1 is 1.67 bits per heavy atom. The van der Waals surface area contributed by atoms with Crippen LogP contribution in [-0.4, -0.2) is 17.7 Å². The van der Waals surface area contributed by atoms with Crippen molar-refractivity contribution in [3.8, 4) is 0 Å². The molecule has 0 heterocycles. The van der Waals surface area contributed by atoms with Crippen molar-refractivity contribution >= 4 is 17.3 Å². The van der Waals surface area contributed by atoms with Crippen LogP contribution in [0.25, 0.3) is 0 Å². The Bertz CT molecular complexity index is 145. The lowest BCUT2D eigenvalue weighted by Crippen LogP contribution is -2.40. The monoisotopic (exact) mass is 186 g/mol. The number of thiocarbonyl (C=S) groups is 1. The van der Waals surface area contributed by atoms with Crippen LogP contribution in [0.15, 0.2) is 12.7 Å². The highest BCUT2D eigenvalue weighted by Crippen LogP contribution is 1.93. The molecule has 0 aliphatic carbocycles. The van der Waals surface area contributed by atoms with Crippen molar-refractivity contribution in [1.82, 2.24) is 10.6 Å². The first-order valence-electron chi connectivity index (χ1n) is 4.36. The minimum atomic E-state index is 0.458. The molecule has 0 aliphatic rings. The molecule has 0 saturated carbocycles. The van der Waals surface area contributed by atoms with E-state index in [1.54, 1.807) is 6.08 Å². The Hall–Kier alpha value is -0.570. The highest BCUT2D eigenvalue weighted by Gasteiger charge is 2.00. The standard InChI is InChI=1S/C9H18N2S/c1-4-6-8(3)11-9(12)10-7-5-2/h5,8H,2,4,6-7H2,1,3H3,(H2,10,11,12). The summed E-state index contributed by atoms with van der Waals surface area (Å²) in [6, 6.07) is 0.458. The molecule has 0 rings (SSSR count). The summed E-state index contributed by atoms with van der Waals surface area (Å²) in [6.45, 7) is 8.62. The highest BCUT2D eigenvalue weighted by atomic mass is 32.1. The van der Waals surface area contributed by atoms with E-state index in [0.29, 0.717) is 6.04 Å². The van der Waals surface area contributed by atoms with Crippen LogP contribution in [0.5, 0.6) is 0 Å². The Kier molecular flexibility index (Phi) is 6.76. The van der Waals surface area contributed by atoms with Crippen LogP contribution in [0.4, 0.5) is 0 Å². The molecule has 0 aromatic carbocycles. The van der Waals surface area contributed by atoms with Crippen LogP contribution >= 0.6 is 12.2 Å². The lowest BCUT2D eigenvalue weighted by atomic mass is 10.2. The lowest BCUT2D eigenvalue weighted by molar-refractivity contribution is 0.592. The summed E-state index contributed by atoms with van der Waals surface area (Å²) in [5.74, 6) is 0. The predicted molar refractivity (Wildman–Crippen MR) is 58.3 cm³/mol. The molecule has 0 fully saturated rings. The van der Waals surface area contributed by atoms with E-state index in [9.17, 15) is 0 Å². The van der Waals surface area contributed by atoms with Gasteiger partial charge >= 0.3 is 0 Å². The molecule has 0 spiro atoms.